The predicted octanol–water partition coefficient (Wildman–Crippen LogP) is 7.30. The van der Waals surface area contributed by atoms with Crippen LogP contribution in [-0.2, 0) is 0 Å². The topological polar surface area (TPSA) is 82.3 Å². The molecule has 4 aromatic rings. The molecule has 6 nitrogen and oxygen atoms in total. The summed E-state index contributed by atoms with van der Waals surface area (Å²) >= 11 is 0. The van der Waals surface area contributed by atoms with Crippen molar-refractivity contribution in [2.45, 2.75) is 40.0 Å². The minimum atomic E-state index is 0.528. The molecule has 1 unspecified atom stereocenters. The summed E-state index contributed by atoms with van der Waals surface area (Å²) in [7, 11) is 0. The highest BCUT2D eigenvalue weighted by Gasteiger charge is 2.16. The normalized spacial score (nSPS) is 21.5. The van der Waals surface area contributed by atoms with E-state index >= 15 is 0 Å². The third-order valence-corrected chi connectivity index (χ3v) is 6.90. The van der Waals surface area contributed by atoms with Gasteiger partial charge in [0.15, 0.2) is 0 Å². The number of rotatable bonds is 1. The van der Waals surface area contributed by atoms with Crippen molar-refractivity contribution >= 4 is 33.0 Å². The number of allylic oxidation sites excluding steroid dienone is 7. The zero-order valence-corrected chi connectivity index (χ0v) is 21.2. The Balaban J connectivity index is 1.69. The number of nitrogens with zero attached hydrogens (tertiary/aromatic N) is 3. The molecule has 0 saturated heterocycles. The lowest BCUT2D eigenvalue weighted by Crippen LogP contribution is -2.11. The van der Waals surface area contributed by atoms with E-state index in [1.807, 2.05) is 31.6 Å². The monoisotopic (exact) mass is 476 g/mol. The molecule has 0 fully saturated rings. The minimum absolute atomic E-state index is 0.528. The standard InChI is InChI=1S/C30H32N6/c1-6-21-12-22(7-2)33-20(5)11-9-18(3)8-10-19(4)25-15-31-16-28-23(25)13-27(34-28)30-24-14-26(21)32-17-29(24)35-36-30/h6-7,10,12-18,33-34H,2,5,8-9,11H2,1,3-4H3,(H,35,36)/b19-10+,21-6+,22-12+. The van der Waals surface area contributed by atoms with Crippen molar-refractivity contribution in [1.82, 2.24) is 30.5 Å². The number of H-pyrrole nitrogens is 2. The van der Waals surface area contributed by atoms with Crippen molar-refractivity contribution < 1.29 is 0 Å². The number of hydrogen-bond donors (Lipinski definition) is 3. The lowest BCUT2D eigenvalue weighted by Gasteiger charge is -2.14. The Morgan fingerprint density at radius 2 is 1.97 bits per heavy atom. The van der Waals surface area contributed by atoms with Crippen molar-refractivity contribution in [3.05, 3.63) is 90.8 Å². The molecule has 0 aromatic carbocycles. The first-order valence-electron chi connectivity index (χ1n) is 12.4. The van der Waals surface area contributed by atoms with Gasteiger partial charge in [0.25, 0.3) is 0 Å². The second kappa shape index (κ2) is 9.82. The summed E-state index contributed by atoms with van der Waals surface area (Å²) in [5.74, 6) is 0.528. The van der Waals surface area contributed by atoms with Crippen LogP contribution in [-0.4, -0.2) is 25.1 Å². The number of nitrogens with one attached hydrogen (secondary N) is 3. The Hall–Kier alpha value is -4.19. The first-order chi connectivity index (χ1) is 17.5. The van der Waals surface area contributed by atoms with E-state index in [0.29, 0.717) is 5.92 Å². The molecule has 3 N–H and O–H groups in total. The molecule has 0 saturated carbocycles. The van der Waals surface area contributed by atoms with Gasteiger partial charge in [-0.25, -0.2) is 0 Å². The molecular formula is C30H32N6. The Morgan fingerprint density at radius 3 is 2.78 bits per heavy atom. The van der Waals surface area contributed by atoms with Gasteiger partial charge in [-0.1, -0.05) is 32.2 Å². The Labute approximate surface area is 211 Å². The van der Waals surface area contributed by atoms with Gasteiger partial charge in [0.2, 0.25) is 0 Å². The number of pyridine rings is 2. The molecular weight excluding hydrogens is 444 g/mol. The molecule has 0 amide bonds. The van der Waals surface area contributed by atoms with Gasteiger partial charge in [0.05, 0.1) is 34.8 Å². The predicted molar refractivity (Wildman–Crippen MR) is 150 cm³/mol. The average molecular weight is 477 g/mol. The minimum Gasteiger partial charge on any atom is -0.359 e. The van der Waals surface area contributed by atoms with Crippen LogP contribution in [0.4, 0.5) is 0 Å². The fourth-order valence-electron chi connectivity index (χ4n) is 4.68. The van der Waals surface area contributed by atoms with E-state index in [2.05, 4.69) is 82.8 Å². The van der Waals surface area contributed by atoms with Gasteiger partial charge in [-0.3, -0.25) is 15.1 Å². The van der Waals surface area contributed by atoms with Crippen LogP contribution < -0.4 is 5.32 Å². The van der Waals surface area contributed by atoms with Gasteiger partial charge in [-0.2, -0.15) is 5.10 Å². The first kappa shape index (κ1) is 23.5. The molecule has 0 radical (unpaired) electrons. The second-order valence-corrected chi connectivity index (χ2v) is 9.56. The van der Waals surface area contributed by atoms with Crippen LogP contribution in [0, 0.1) is 5.92 Å². The molecule has 4 aromatic heterocycles. The summed E-state index contributed by atoms with van der Waals surface area (Å²) in [6, 6.07) is 4.26. The quantitative estimate of drug-likeness (QED) is 0.269. The molecule has 182 valence electrons. The van der Waals surface area contributed by atoms with Crippen LogP contribution >= 0.6 is 0 Å². The summed E-state index contributed by atoms with van der Waals surface area (Å²) in [6.45, 7) is 14.7. The highest BCUT2D eigenvalue weighted by Crippen LogP contribution is 2.33. The highest BCUT2D eigenvalue weighted by atomic mass is 15.1. The SMILES string of the molecule is C=C/C1=C\C(=C/C)c2cc3c(n[nH]c3cn2)-c2cc3c(cncc3[nH]2)/C(C)=C/CC(C)CCC(=C)N1. The lowest BCUT2D eigenvalue weighted by molar-refractivity contribution is 0.533. The van der Waals surface area contributed by atoms with Gasteiger partial charge in [-0.15, -0.1) is 0 Å². The molecule has 1 aliphatic heterocycles. The van der Waals surface area contributed by atoms with Crippen molar-refractivity contribution in [1.29, 1.82) is 0 Å². The molecule has 4 bridgehead atoms. The largest absolute Gasteiger partial charge is 0.359 e. The second-order valence-electron chi connectivity index (χ2n) is 9.56. The summed E-state index contributed by atoms with van der Waals surface area (Å²) in [4.78, 5) is 12.7. The third-order valence-electron chi connectivity index (χ3n) is 6.90. The summed E-state index contributed by atoms with van der Waals surface area (Å²) in [5, 5.41) is 13.4. The van der Waals surface area contributed by atoms with E-state index in [4.69, 9.17) is 4.98 Å². The first-order valence-corrected chi connectivity index (χ1v) is 12.4. The molecule has 5 heterocycles. The highest BCUT2D eigenvalue weighted by molar-refractivity contribution is 5.99. The molecule has 0 spiro atoms. The van der Waals surface area contributed by atoms with Crippen LogP contribution in [0.5, 0.6) is 0 Å². The Bertz CT molecular complexity index is 1560. The Kier molecular flexibility index (Phi) is 6.42. The van der Waals surface area contributed by atoms with Crippen LogP contribution in [0.1, 0.15) is 51.3 Å². The maximum absolute atomic E-state index is 4.70. The number of fused-ring (bicyclic) bond motifs is 3. The number of aromatic nitrogens is 5. The van der Waals surface area contributed by atoms with Crippen molar-refractivity contribution in [2.75, 3.05) is 0 Å². The van der Waals surface area contributed by atoms with E-state index in [9.17, 15) is 0 Å². The van der Waals surface area contributed by atoms with Gasteiger partial charge in [0.1, 0.15) is 5.69 Å². The molecule has 1 atom stereocenters. The number of aromatic amines is 2. The van der Waals surface area contributed by atoms with Crippen LogP contribution in [0.15, 0.2) is 79.6 Å². The fourth-order valence-corrected chi connectivity index (χ4v) is 4.68. The third kappa shape index (κ3) is 4.54. The smallest absolute Gasteiger partial charge is 0.116 e. The van der Waals surface area contributed by atoms with E-state index in [0.717, 1.165) is 80.7 Å². The van der Waals surface area contributed by atoms with Gasteiger partial charge < -0.3 is 10.3 Å². The fraction of sp³-hybridized carbons (Fsp3) is 0.233. The maximum atomic E-state index is 4.70. The molecule has 5 rings (SSSR count). The molecule has 0 aliphatic carbocycles. The van der Waals surface area contributed by atoms with E-state index in [1.165, 1.54) is 5.57 Å². The zero-order chi connectivity index (χ0) is 25.2. The van der Waals surface area contributed by atoms with Crippen molar-refractivity contribution in [3.8, 4) is 11.4 Å². The van der Waals surface area contributed by atoms with E-state index in [-0.39, 0.29) is 0 Å². The number of hydrogen-bond acceptors (Lipinski definition) is 4. The van der Waals surface area contributed by atoms with Crippen LogP contribution in [0.3, 0.4) is 0 Å². The summed E-state index contributed by atoms with van der Waals surface area (Å²) in [6.07, 6.45) is 16.9. The van der Waals surface area contributed by atoms with E-state index in [1.54, 1.807) is 0 Å². The summed E-state index contributed by atoms with van der Waals surface area (Å²) < 4.78 is 0. The van der Waals surface area contributed by atoms with Gasteiger partial charge in [-0.05, 0) is 74.5 Å². The maximum Gasteiger partial charge on any atom is 0.116 e. The van der Waals surface area contributed by atoms with Crippen LogP contribution in [0.2, 0.25) is 0 Å². The van der Waals surface area contributed by atoms with Crippen molar-refractivity contribution in [3.63, 3.8) is 0 Å². The molecule has 36 heavy (non-hydrogen) atoms. The molecule has 6 heteroatoms. The lowest BCUT2D eigenvalue weighted by atomic mass is 9.97. The van der Waals surface area contributed by atoms with Crippen LogP contribution in [0.25, 0.3) is 44.3 Å². The zero-order valence-electron chi connectivity index (χ0n) is 21.2. The van der Waals surface area contributed by atoms with Gasteiger partial charge in [0, 0.05) is 33.9 Å². The van der Waals surface area contributed by atoms with E-state index < -0.39 is 0 Å². The van der Waals surface area contributed by atoms with Gasteiger partial charge >= 0.3 is 0 Å². The summed E-state index contributed by atoms with van der Waals surface area (Å²) in [5.41, 5.74) is 9.81. The Morgan fingerprint density at radius 1 is 1.11 bits per heavy atom. The average Bonchev–Trinajstić information content (AvgIpc) is 3.51. The molecule has 1 aliphatic rings. The van der Waals surface area contributed by atoms with Crippen molar-refractivity contribution in [2.24, 2.45) is 5.92 Å².